The molecule has 0 aromatic heterocycles. The molecule has 0 radical (unpaired) electrons. The van der Waals surface area contributed by atoms with Gasteiger partial charge in [0.15, 0.2) is 0 Å². The maximum absolute atomic E-state index is 10.6. The molecular formula is C11H25N3O2. The molecule has 0 bridgehead atoms. The topological polar surface area (TPSA) is 69.8 Å². The van der Waals surface area contributed by atoms with Crippen molar-refractivity contribution < 1.29 is 9.90 Å². The van der Waals surface area contributed by atoms with Crippen molar-refractivity contribution in [1.82, 2.24) is 9.80 Å². The van der Waals surface area contributed by atoms with Crippen molar-refractivity contribution in [3.05, 3.63) is 0 Å². The second-order valence-corrected chi connectivity index (χ2v) is 4.32. The number of nitrogens with two attached hydrogens (primary N) is 1. The van der Waals surface area contributed by atoms with E-state index in [2.05, 4.69) is 30.8 Å². The van der Waals surface area contributed by atoms with Gasteiger partial charge in [0.2, 0.25) is 0 Å². The van der Waals surface area contributed by atoms with Crippen LogP contribution >= 0.6 is 0 Å². The summed E-state index contributed by atoms with van der Waals surface area (Å²) < 4.78 is 0. The number of rotatable bonds is 9. The smallest absolute Gasteiger partial charge is 0.320 e. The minimum absolute atomic E-state index is 0.519. The van der Waals surface area contributed by atoms with Gasteiger partial charge in [-0.15, -0.1) is 0 Å². The lowest BCUT2D eigenvalue weighted by molar-refractivity contribution is -0.138. The molecule has 1 unspecified atom stereocenters. The van der Waals surface area contributed by atoms with Crippen LogP contribution in [0.5, 0.6) is 0 Å². The van der Waals surface area contributed by atoms with Crippen LogP contribution < -0.4 is 5.73 Å². The van der Waals surface area contributed by atoms with Gasteiger partial charge in [-0.1, -0.05) is 6.92 Å². The van der Waals surface area contributed by atoms with Crippen molar-refractivity contribution in [1.29, 1.82) is 0 Å². The molecule has 0 saturated heterocycles. The Kier molecular flexibility index (Phi) is 8.15. The van der Waals surface area contributed by atoms with E-state index in [-0.39, 0.29) is 0 Å². The van der Waals surface area contributed by atoms with Gasteiger partial charge in [-0.05, 0) is 46.6 Å². The van der Waals surface area contributed by atoms with E-state index in [1.165, 1.54) is 0 Å². The van der Waals surface area contributed by atoms with Crippen molar-refractivity contribution >= 4 is 5.97 Å². The molecule has 96 valence electrons. The largest absolute Gasteiger partial charge is 0.480 e. The monoisotopic (exact) mass is 231 g/mol. The fourth-order valence-electron chi connectivity index (χ4n) is 1.48. The highest BCUT2D eigenvalue weighted by Crippen LogP contribution is 1.97. The lowest BCUT2D eigenvalue weighted by Gasteiger charge is -2.22. The van der Waals surface area contributed by atoms with Crippen LogP contribution in [0.25, 0.3) is 0 Å². The van der Waals surface area contributed by atoms with Crippen molar-refractivity contribution in [3.63, 3.8) is 0 Å². The summed E-state index contributed by atoms with van der Waals surface area (Å²) in [7, 11) is 4.10. The lowest BCUT2D eigenvalue weighted by Crippen LogP contribution is -2.36. The summed E-state index contributed by atoms with van der Waals surface area (Å²) in [5.74, 6) is -0.913. The zero-order chi connectivity index (χ0) is 12.6. The third kappa shape index (κ3) is 7.62. The summed E-state index contributed by atoms with van der Waals surface area (Å²) in [5.41, 5.74) is 5.46. The first-order valence-corrected chi connectivity index (χ1v) is 5.82. The fraction of sp³-hybridized carbons (Fsp3) is 0.909. The highest BCUT2D eigenvalue weighted by molar-refractivity contribution is 5.72. The van der Waals surface area contributed by atoms with Gasteiger partial charge in [-0.25, -0.2) is 0 Å². The number of hydrogen-bond donors (Lipinski definition) is 2. The second kappa shape index (κ2) is 8.50. The lowest BCUT2D eigenvalue weighted by atomic mass is 10.2. The minimum Gasteiger partial charge on any atom is -0.480 e. The Bertz CT molecular complexity index is 198. The SMILES string of the molecule is CCN(CCCN(C)C)CCC(N)C(=O)O. The summed E-state index contributed by atoms with van der Waals surface area (Å²) >= 11 is 0. The minimum atomic E-state index is -0.913. The van der Waals surface area contributed by atoms with E-state index in [0.717, 1.165) is 32.6 Å². The van der Waals surface area contributed by atoms with Gasteiger partial charge < -0.3 is 20.6 Å². The van der Waals surface area contributed by atoms with Gasteiger partial charge in [0.05, 0.1) is 0 Å². The average molecular weight is 231 g/mol. The van der Waals surface area contributed by atoms with Gasteiger partial charge in [0.1, 0.15) is 6.04 Å². The second-order valence-electron chi connectivity index (χ2n) is 4.32. The maximum Gasteiger partial charge on any atom is 0.320 e. The Labute approximate surface area is 98.2 Å². The van der Waals surface area contributed by atoms with Gasteiger partial charge in [0, 0.05) is 6.54 Å². The first-order chi connectivity index (χ1) is 7.47. The summed E-state index contributed by atoms with van der Waals surface area (Å²) in [4.78, 5) is 14.9. The highest BCUT2D eigenvalue weighted by Gasteiger charge is 2.12. The number of carbonyl (C=O) groups is 1. The zero-order valence-electron chi connectivity index (χ0n) is 10.6. The first kappa shape index (κ1) is 15.3. The van der Waals surface area contributed by atoms with Crippen molar-refractivity contribution in [2.24, 2.45) is 5.73 Å². The van der Waals surface area contributed by atoms with E-state index in [0.29, 0.717) is 6.42 Å². The predicted octanol–water partition coefficient (Wildman–Crippen LogP) is 0.0620. The molecule has 0 spiro atoms. The molecule has 16 heavy (non-hydrogen) atoms. The maximum atomic E-state index is 10.6. The molecule has 5 heteroatoms. The van der Waals surface area contributed by atoms with E-state index in [4.69, 9.17) is 10.8 Å². The normalized spacial score (nSPS) is 13.4. The fourth-order valence-corrected chi connectivity index (χ4v) is 1.48. The van der Waals surface area contributed by atoms with E-state index >= 15 is 0 Å². The van der Waals surface area contributed by atoms with Crippen LogP contribution in [-0.2, 0) is 4.79 Å². The van der Waals surface area contributed by atoms with Crippen molar-refractivity contribution in [2.75, 3.05) is 40.3 Å². The Balaban J connectivity index is 3.70. The first-order valence-electron chi connectivity index (χ1n) is 5.82. The molecule has 0 rings (SSSR count). The molecule has 1 atom stereocenters. The molecule has 0 aliphatic carbocycles. The van der Waals surface area contributed by atoms with Crippen LogP contribution in [0.4, 0.5) is 0 Å². The summed E-state index contributed by atoms with van der Waals surface area (Å²) in [5, 5.41) is 8.67. The van der Waals surface area contributed by atoms with Crippen LogP contribution in [0.15, 0.2) is 0 Å². The summed E-state index contributed by atoms with van der Waals surface area (Å²) in [6.45, 7) is 5.85. The van der Waals surface area contributed by atoms with Crippen LogP contribution in [0.1, 0.15) is 19.8 Å². The third-order valence-electron chi connectivity index (χ3n) is 2.60. The van der Waals surface area contributed by atoms with Crippen LogP contribution in [0.2, 0.25) is 0 Å². The number of carboxylic acids is 1. The standard InChI is InChI=1S/C11H25N3O2/c1-4-14(8-5-7-13(2)3)9-6-10(12)11(15)16/h10H,4-9,12H2,1-3H3,(H,15,16). The van der Waals surface area contributed by atoms with Crippen LogP contribution in [0.3, 0.4) is 0 Å². The summed E-state index contributed by atoms with van der Waals surface area (Å²) in [6.07, 6.45) is 1.62. The molecule has 0 aromatic carbocycles. The highest BCUT2D eigenvalue weighted by atomic mass is 16.4. The number of nitrogens with zero attached hydrogens (tertiary/aromatic N) is 2. The zero-order valence-corrected chi connectivity index (χ0v) is 10.6. The Morgan fingerprint density at radius 2 is 1.94 bits per heavy atom. The molecular weight excluding hydrogens is 206 g/mol. The van der Waals surface area contributed by atoms with Crippen LogP contribution in [0, 0.1) is 0 Å². The predicted molar refractivity (Wildman–Crippen MR) is 65.5 cm³/mol. The molecule has 0 saturated carbocycles. The Hall–Kier alpha value is -0.650. The van der Waals surface area contributed by atoms with Crippen molar-refractivity contribution in [2.45, 2.75) is 25.8 Å². The van der Waals surface area contributed by atoms with Crippen molar-refractivity contribution in [3.8, 4) is 0 Å². The molecule has 0 fully saturated rings. The van der Waals surface area contributed by atoms with E-state index in [1.807, 2.05) is 0 Å². The molecule has 5 nitrogen and oxygen atoms in total. The third-order valence-corrected chi connectivity index (χ3v) is 2.60. The average Bonchev–Trinajstić information content (AvgIpc) is 2.21. The van der Waals surface area contributed by atoms with E-state index < -0.39 is 12.0 Å². The summed E-state index contributed by atoms with van der Waals surface area (Å²) in [6, 6.07) is -0.733. The quantitative estimate of drug-likeness (QED) is 0.587. The number of hydrogen-bond acceptors (Lipinski definition) is 4. The van der Waals surface area contributed by atoms with E-state index in [1.54, 1.807) is 0 Å². The molecule has 0 aliphatic heterocycles. The van der Waals surface area contributed by atoms with Gasteiger partial charge in [-0.3, -0.25) is 4.79 Å². The Morgan fingerprint density at radius 3 is 2.38 bits per heavy atom. The van der Waals surface area contributed by atoms with E-state index in [9.17, 15) is 4.79 Å². The van der Waals surface area contributed by atoms with Gasteiger partial charge >= 0.3 is 5.97 Å². The van der Waals surface area contributed by atoms with Gasteiger partial charge in [-0.2, -0.15) is 0 Å². The molecule has 3 N–H and O–H groups in total. The van der Waals surface area contributed by atoms with Gasteiger partial charge in [0.25, 0.3) is 0 Å². The molecule has 0 amide bonds. The molecule has 0 heterocycles. The van der Waals surface area contributed by atoms with Crippen LogP contribution in [-0.4, -0.2) is 67.2 Å². The number of aliphatic carboxylic acids is 1. The Morgan fingerprint density at radius 1 is 1.31 bits per heavy atom. The molecule has 0 aliphatic rings. The number of carboxylic acid groups (broad SMARTS) is 1. The molecule has 0 aromatic rings.